The normalized spacial score (nSPS) is 12.6. The molecule has 30 heavy (non-hydrogen) atoms. The standard InChI is InChI=1S/C23H48O7/c1-22(2,3)7-8-24-9-10-25-11-12-26-13-14-27-15-16-28-17-18-29-19-20-30-21-23(4,5)6/h7-21H2,1-6H3. The lowest BCUT2D eigenvalue weighted by atomic mass is 9.93. The maximum Gasteiger partial charge on any atom is 0.0701 e. The van der Waals surface area contributed by atoms with E-state index in [9.17, 15) is 0 Å². The predicted octanol–water partition coefficient (Wildman–Crippen LogP) is 3.58. The van der Waals surface area contributed by atoms with E-state index in [1.54, 1.807) is 0 Å². The van der Waals surface area contributed by atoms with Crippen LogP contribution in [0.3, 0.4) is 0 Å². The van der Waals surface area contributed by atoms with E-state index in [1.165, 1.54) is 0 Å². The number of rotatable bonds is 21. The van der Waals surface area contributed by atoms with E-state index >= 15 is 0 Å². The highest BCUT2D eigenvalue weighted by Crippen LogP contribution is 2.17. The van der Waals surface area contributed by atoms with E-state index in [4.69, 9.17) is 33.2 Å². The molecule has 0 atom stereocenters. The molecular weight excluding hydrogens is 388 g/mol. The molecule has 0 spiro atoms. The monoisotopic (exact) mass is 436 g/mol. The molecule has 0 aliphatic rings. The molecule has 0 aromatic carbocycles. The summed E-state index contributed by atoms with van der Waals surface area (Å²) in [7, 11) is 0. The first-order chi connectivity index (χ1) is 14.2. The molecule has 0 aliphatic heterocycles. The van der Waals surface area contributed by atoms with Gasteiger partial charge in [-0.25, -0.2) is 0 Å². The minimum Gasteiger partial charge on any atom is -0.379 e. The summed E-state index contributed by atoms with van der Waals surface area (Å²) in [6, 6.07) is 0. The Morgan fingerprint density at radius 3 is 0.867 bits per heavy atom. The Bertz CT molecular complexity index is 316. The Hall–Kier alpha value is -0.280. The SMILES string of the molecule is CC(C)(C)CCOCCOCCOCCOCCOCCOCCOCC(C)(C)C. The van der Waals surface area contributed by atoms with Crippen molar-refractivity contribution >= 4 is 0 Å². The van der Waals surface area contributed by atoms with Crippen LogP contribution in [0.4, 0.5) is 0 Å². The lowest BCUT2D eigenvalue weighted by Crippen LogP contribution is -2.17. The van der Waals surface area contributed by atoms with Crippen LogP contribution in [0, 0.1) is 10.8 Å². The van der Waals surface area contributed by atoms with Gasteiger partial charge in [-0.3, -0.25) is 0 Å². The van der Waals surface area contributed by atoms with Gasteiger partial charge in [0, 0.05) is 6.61 Å². The average Bonchev–Trinajstić information content (AvgIpc) is 2.64. The second kappa shape index (κ2) is 19.4. The van der Waals surface area contributed by atoms with Crippen LogP contribution in [0.2, 0.25) is 0 Å². The first kappa shape index (κ1) is 29.7. The summed E-state index contributed by atoms with van der Waals surface area (Å²) >= 11 is 0. The van der Waals surface area contributed by atoms with Gasteiger partial charge in [-0.2, -0.15) is 0 Å². The minimum absolute atomic E-state index is 0.197. The molecule has 0 unspecified atom stereocenters. The Kier molecular flexibility index (Phi) is 19.2. The molecule has 0 N–H and O–H groups in total. The maximum absolute atomic E-state index is 5.54. The van der Waals surface area contributed by atoms with Gasteiger partial charge in [-0.15, -0.1) is 0 Å². The fourth-order valence-corrected chi connectivity index (χ4v) is 2.08. The highest BCUT2D eigenvalue weighted by atomic mass is 16.6. The molecular formula is C23H48O7. The van der Waals surface area contributed by atoms with Crippen LogP contribution in [0.5, 0.6) is 0 Å². The maximum atomic E-state index is 5.54. The van der Waals surface area contributed by atoms with Crippen LogP contribution in [-0.4, -0.2) is 92.5 Å². The van der Waals surface area contributed by atoms with E-state index in [2.05, 4.69) is 41.5 Å². The van der Waals surface area contributed by atoms with Gasteiger partial charge in [0.1, 0.15) is 0 Å². The molecule has 0 radical (unpaired) electrons. The summed E-state index contributed by atoms with van der Waals surface area (Å²) < 4.78 is 38.3. The molecule has 0 aromatic heterocycles. The Morgan fingerprint density at radius 1 is 0.333 bits per heavy atom. The summed E-state index contributed by atoms with van der Waals surface area (Å²) in [5.74, 6) is 0. The van der Waals surface area contributed by atoms with Crippen LogP contribution in [-0.2, 0) is 33.2 Å². The van der Waals surface area contributed by atoms with Gasteiger partial charge < -0.3 is 33.2 Å². The highest BCUT2D eigenvalue weighted by Gasteiger charge is 2.09. The van der Waals surface area contributed by atoms with Gasteiger partial charge in [0.05, 0.1) is 85.9 Å². The Labute approximate surface area is 185 Å². The largest absolute Gasteiger partial charge is 0.379 e. The van der Waals surface area contributed by atoms with Gasteiger partial charge in [0.25, 0.3) is 0 Å². The molecule has 7 heteroatoms. The minimum atomic E-state index is 0.197. The van der Waals surface area contributed by atoms with Crippen molar-refractivity contribution in [2.45, 2.75) is 48.0 Å². The molecule has 0 bridgehead atoms. The van der Waals surface area contributed by atoms with Crippen molar-refractivity contribution in [3.8, 4) is 0 Å². The lowest BCUT2D eigenvalue weighted by molar-refractivity contribution is -0.0237. The lowest BCUT2D eigenvalue weighted by Gasteiger charge is -2.17. The van der Waals surface area contributed by atoms with Crippen molar-refractivity contribution < 1.29 is 33.2 Å². The highest BCUT2D eigenvalue weighted by molar-refractivity contribution is 4.60. The molecule has 0 aromatic rings. The van der Waals surface area contributed by atoms with E-state index in [1.807, 2.05) is 0 Å². The fraction of sp³-hybridized carbons (Fsp3) is 1.00. The van der Waals surface area contributed by atoms with E-state index in [0.29, 0.717) is 84.7 Å². The van der Waals surface area contributed by atoms with Crippen molar-refractivity contribution in [2.75, 3.05) is 92.5 Å². The van der Waals surface area contributed by atoms with Gasteiger partial charge in [0.15, 0.2) is 0 Å². The zero-order chi connectivity index (χ0) is 22.6. The van der Waals surface area contributed by atoms with Crippen molar-refractivity contribution in [2.24, 2.45) is 10.8 Å². The van der Waals surface area contributed by atoms with E-state index in [-0.39, 0.29) is 5.41 Å². The van der Waals surface area contributed by atoms with E-state index < -0.39 is 0 Å². The van der Waals surface area contributed by atoms with Crippen molar-refractivity contribution in [1.29, 1.82) is 0 Å². The predicted molar refractivity (Wildman–Crippen MR) is 119 cm³/mol. The van der Waals surface area contributed by atoms with Crippen LogP contribution in [0.25, 0.3) is 0 Å². The van der Waals surface area contributed by atoms with Crippen LogP contribution in [0.15, 0.2) is 0 Å². The smallest absolute Gasteiger partial charge is 0.0701 e. The topological polar surface area (TPSA) is 64.6 Å². The van der Waals surface area contributed by atoms with Crippen molar-refractivity contribution in [1.82, 2.24) is 0 Å². The molecule has 0 saturated heterocycles. The molecule has 0 fully saturated rings. The summed E-state index contributed by atoms with van der Waals surface area (Å²) in [4.78, 5) is 0. The molecule has 0 aliphatic carbocycles. The van der Waals surface area contributed by atoms with Crippen LogP contribution >= 0.6 is 0 Å². The quantitative estimate of drug-likeness (QED) is 0.255. The van der Waals surface area contributed by atoms with Gasteiger partial charge >= 0.3 is 0 Å². The summed E-state index contributed by atoms with van der Waals surface area (Å²) in [6.45, 7) is 21.6. The third kappa shape index (κ3) is 27.7. The second-order valence-electron chi connectivity index (χ2n) is 9.60. The fourth-order valence-electron chi connectivity index (χ4n) is 2.08. The van der Waals surface area contributed by atoms with Gasteiger partial charge in [-0.1, -0.05) is 41.5 Å². The van der Waals surface area contributed by atoms with Gasteiger partial charge in [-0.05, 0) is 17.3 Å². The summed E-state index contributed by atoms with van der Waals surface area (Å²) in [5, 5.41) is 0. The van der Waals surface area contributed by atoms with Crippen LogP contribution < -0.4 is 0 Å². The molecule has 0 rings (SSSR count). The zero-order valence-electron chi connectivity index (χ0n) is 20.5. The summed E-state index contributed by atoms with van der Waals surface area (Å²) in [6.07, 6.45) is 1.06. The molecule has 7 nitrogen and oxygen atoms in total. The Morgan fingerprint density at radius 2 is 0.600 bits per heavy atom. The number of hydrogen-bond donors (Lipinski definition) is 0. The molecule has 0 amide bonds. The number of hydrogen-bond acceptors (Lipinski definition) is 7. The first-order valence-electron chi connectivity index (χ1n) is 11.2. The molecule has 0 heterocycles. The average molecular weight is 437 g/mol. The molecule has 0 saturated carbocycles. The van der Waals surface area contributed by atoms with Crippen molar-refractivity contribution in [3.05, 3.63) is 0 Å². The van der Waals surface area contributed by atoms with Crippen LogP contribution in [0.1, 0.15) is 48.0 Å². The number of ether oxygens (including phenoxy) is 7. The zero-order valence-corrected chi connectivity index (χ0v) is 20.5. The van der Waals surface area contributed by atoms with Crippen molar-refractivity contribution in [3.63, 3.8) is 0 Å². The third-order valence-electron chi connectivity index (χ3n) is 3.76. The second-order valence-corrected chi connectivity index (χ2v) is 9.60. The summed E-state index contributed by atoms with van der Waals surface area (Å²) in [5.41, 5.74) is 0.516. The molecule has 182 valence electrons. The Balaban J connectivity index is 3.07. The third-order valence-corrected chi connectivity index (χ3v) is 3.76. The van der Waals surface area contributed by atoms with E-state index in [0.717, 1.165) is 19.6 Å². The first-order valence-corrected chi connectivity index (χ1v) is 11.2. The van der Waals surface area contributed by atoms with Gasteiger partial charge in [0.2, 0.25) is 0 Å².